The van der Waals surface area contributed by atoms with Gasteiger partial charge in [-0.05, 0) is 55.7 Å². The van der Waals surface area contributed by atoms with Crippen molar-refractivity contribution >= 4 is 11.5 Å². The van der Waals surface area contributed by atoms with Gasteiger partial charge in [-0.3, -0.25) is 0 Å². The Morgan fingerprint density at radius 2 is 1.79 bits per heavy atom. The van der Waals surface area contributed by atoms with E-state index in [4.69, 9.17) is 5.10 Å². The molecule has 2 heterocycles. The summed E-state index contributed by atoms with van der Waals surface area (Å²) in [5, 5.41) is 8.25. The van der Waals surface area contributed by atoms with Crippen molar-refractivity contribution in [2.24, 2.45) is 0 Å². The molecule has 0 bridgehead atoms. The molecular formula is C22H23F3N4. The monoisotopic (exact) mass is 400 g/mol. The predicted molar refractivity (Wildman–Crippen MR) is 110 cm³/mol. The van der Waals surface area contributed by atoms with Crippen molar-refractivity contribution in [1.82, 2.24) is 9.78 Å². The number of alkyl halides is 3. The van der Waals surface area contributed by atoms with Crippen LogP contribution in [0.25, 0.3) is 16.9 Å². The summed E-state index contributed by atoms with van der Waals surface area (Å²) >= 11 is 0. The van der Waals surface area contributed by atoms with Gasteiger partial charge in [0, 0.05) is 37.5 Å². The lowest BCUT2D eigenvalue weighted by atomic mass is 10.0. The summed E-state index contributed by atoms with van der Waals surface area (Å²) < 4.78 is 40.6. The van der Waals surface area contributed by atoms with Gasteiger partial charge in [0.2, 0.25) is 0 Å². The lowest BCUT2D eigenvalue weighted by molar-refractivity contribution is -0.137. The molecule has 0 unspecified atom stereocenters. The molecule has 0 saturated carbocycles. The number of hydrogen-bond donors (Lipinski definition) is 1. The maximum Gasteiger partial charge on any atom is 0.416 e. The first-order chi connectivity index (χ1) is 13.8. The van der Waals surface area contributed by atoms with Gasteiger partial charge in [0.05, 0.1) is 16.9 Å². The zero-order valence-corrected chi connectivity index (χ0v) is 16.4. The fourth-order valence-corrected chi connectivity index (χ4v) is 3.64. The second-order valence-electron chi connectivity index (χ2n) is 7.46. The van der Waals surface area contributed by atoms with E-state index in [0.29, 0.717) is 5.69 Å². The summed E-state index contributed by atoms with van der Waals surface area (Å²) in [4.78, 5) is 2.03. The van der Waals surface area contributed by atoms with E-state index in [0.717, 1.165) is 66.3 Å². The van der Waals surface area contributed by atoms with E-state index in [1.807, 2.05) is 37.2 Å². The van der Waals surface area contributed by atoms with Gasteiger partial charge in [0.15, 0.2) is 0 Å². The highest BCUT2D eigenvalue weighted by Crippen LogP contribution is 2.36. The minimum absolute atomic E-state index is 0.610. The molecule has 0 radical (unpaired) electrons. The van der Waals surface area contributed by atoms with Gasteiger partial charge in [0.25, 0.3) is 0 Å². The van der Waals surface area contributed by atoms with E-state index < -0.39 is 11.7 Å². The molecule has 4 rings (SSSR count). The van der Waals surface area contributed by atoms with Crippen molar-refractivity contribution in [1.29, 1.82) is 0 Å². The topological polar surface area (TPSA) is 33.1 Å². The Morgan fingerprint density at radius 1 is 1.03 bits per heavy atom. The maximum atomic E-state index is 12.9. The van der Waals surface area contributed by atoms with E-state index in [1.54, 1.807) is 4.68 Å². The SMILES string of the molecule is CN(C)c1cccc(-c2nn(-c3ccc(C(F)(F)F)cc3)c3c2CCCCN3)c1. The van der Waals surface area contributed by atoms with E-state index in [2.05, 4.69) is 11.4 Å². The van der Waals surface area contributed by atoms with Gasteiger partial charge in [-0.25, -0.2) is 4.68 Å². The summed E-state index contributed by atoms with van der Waals surface area (Å²) in [5.74, 6) is 0.868. The highest BCUT2D eigenvalue weighted by molar-refractivity contribution is 5.74. The molecule has 3 aromatic rings. The molecule has 0 saturated heterocycles. The van der Waals surface area contributed by atoms with Crippen LogP contribution < -0.4 is 10.2 Å². The van der Waals surface area contributed by atoms with Crippen molar-refractivity contribution in [3.8, 4) is 16.9 Å². The molecule has 2 aromatic carbocycles. The molecule has 0 aliphatic carbocycles. The molecule has 1 N–H and O–H groups in total. The van der Waals surface area contributed by atoms with Gasteiger partial charge < -0.3 is 10.2 Å². The number of rotatable bonds is 3. The number of nitrogens with zero attached hydrogens (tertiary/aromatic N) is 3. The molecule has 1 aliphatic heterocycles. The molecule has 0 amide bonds. The van der Waals surface area contributed by atoms with Crippen LogP contribution in [0.15, 0.2) is 48.5 Å². The molecular weight excluding hydrogens is 377 g/mol. The molecule has 7 heteroatoms. The van der Waals surface area contributed by atoms with Crippen LogP contribution in [0.5, 0.6) is 0 Å². The smallest absolute Gasteiger partial charge is 0.378 e. The Kier molecular flexibility index (Phi) is 4.98. The van der Waals surface area contributed by atoms with Crippen LogP contribution in [-0.4, -0.2) is 30.4 Å². The molecule has 0 fully saturated rings. The minimum Gasteiger partial charge on any atom is -0.378 e. The maximum absolute atomic E-state index is 12.9. The van der Waals surface area contributed by atoms with Crippen molar-refractivity contribution in [2.45, 2.75) is 25.4 Å². The summed E-state index contributed by atoms with van der Waals surface area (Å²) in [5.41, 5.74) is 4.00. The van der Waals surface area contributed by atoms with Gasteiger partial charge in [-0.2, -0.15) is 18.3 Å². The number of fused-ring (bicyclic) bond motifs is 1. The van der Waals surface area contributed by atoms with Crippen LogP contribution in [0, 0.1) is 0 Å². The van der Waals surface area contributed by atoms with Crippen LogP contribution >= 0.6 is 0 Å². The fraction of sp³-hybridized carbons (Fsp3) is 0.318. The first-order valence-corrected chi connectivity index (χ1v) is 9.66. The number of benzene rings is 2. The largest absolute Gasteiger partial charge is 0.416 e. The second kappa shape index (κ2) is 7.46. The van der Waals surface area contributed by atoms with Crippen LogP contribution in [0.2, 0.25) is 0 Å². The number of anilines is 2. The number of aromatic nitrogens is 2. The average Bonchev–Trinajstić information content (AvgIpc) is 2.88. The first-order valence-electron chi connectivity index (χ1n) is 9.66. The average molecular weight is 400 g/mol. The normalized spacial score (nSPS) is 14.1. The van der Waals surface area contributed by atoms with Gasteiger partial charge in [-0.1, -0.05) is 12.1 Å². The van der Waals surface area contributed by atoms with E-state index in [-0.39, 0.29) is 0 Å². The van der Waals surface area contributed by atoms with Crippen molar-refractivity contribution in [3.05, 3.63) is 59.7 Å². The number of halogens is 3. The Morgan fingerprint density at radius 3 is 2.48 bits per heavy atom. The fourth-order valence-electron chi connectivity index (χ4n) is 3.64. The molecule has 0 spiro atoms. The number of nitrogens with one attached hydrogen (secondary N) is 1. The molecule has 152 valence electrons. The van der Waals surface area contributed by atoms with Crippen LogP contribution in [0.4, 0.5) is 24.7 Å². The lowest BCUT2D eigenvalue weighted by Gasteiger charge is -2.13. The lowest BCUT2D eigenvalue weighted by Crippen LogP contribution is -2.08. The zero-order chi connectivity index (χ0) is 20.6. The Hall–Kier alpha value is -2.96. The van der Waals surface area contributed by atoms with Crippen LogP contribution in [0.1, 0.15) is 24.0 Å². The van der Waals surface area contributed by atoms with Crippen molar-refractivity contribution in [2.75, 3.05) is 30.9 Å². The third kappa shape index (κ3) is 3.81. The molecule has 29 heavy (non-hydrogen) atoms. The van der Waals surface area contributed by atoms with Crippen LogP contribution in [0.3, 0.4) is 0 Å². The molecule has 0 atom stereocenters. The Balaban J connectivity index is 1.83. The quantitative estimate of drug-likeness (QED) is 0.641. The summed E-state index contributed by atoms with van der Waals surface area (Å²) in [6.07, 6.45) is -1.39. The third-order valence-corrected chi connectivity index (χ3v) is 5.20. The van der Waals surface area contributed by atoms with Crippen molar-refractivity contribution in [3.63, 3.8) is 0 Å². The summed E-state index contributed by atoms with van der Waals surface area (Å²) in [6, 6.07) is 13.3. The molecule has 4 nitrogen and oxygen atoms in total. The first kappa shape index (κ1) is 19.4. The standard InChI is InChI=1S/C22H23F3N4/c1-28(2)18-7-5-6-15(14-18)20-19-8-3-4-13-26-21(19)29(27-20)17-11-9-16(10-12-17)22(23,24)25/h5-7,9-12,14,26H,3-4,8,13H2,1-2H3. The molecule has 1 aromatic heterocycles. The predicted octanol–water partition coefficient (Wildman–Crippen LogP) is 5.37. The number of hydrogen-bond acceptors (Lipinski definition) is 3. The summed E-state index contributed by atoms with van der Waals surface area (Å²) in [6.45, 7) is 0.816. The van der Waals surface area contributed by atoms with Gasteiger partial charge in [0.1, 0.15) is 5.82 Å². The highest BCUT2D eigenvalue weighted by atomic mass is 19.4. The Bertz CT molecular complexity index is 1000. The minimum atomic E-state index is -4.35. The van der Waals surface area contributed by atoms with Crippen molar-refractivity contribution < 1.29 is 13.2 Å². The Labute approximate surface area is 168 Å². The van der Waals surface area contributed by atoms with Crippen LogP contribution in [-0.2, 0) is 12.6 Å². The van der Waals surface area contributed by atoms with E-state index in [1.165, 1.54) is 12.1 Å². The van der Waals surface area contributed by atoms with Gasteiger partial charge >= 0.3 is 6.18 Å². The third-order valence-electron chi connectivity index (χ3n) is 5.20. The summed E-state index contributed by atoms with van der Waals surface area (Å²) in [7, 11) is 3.98. The van der Waals surface area contributed by atoms with E-state index in [9.17, 15) is 13.2 Å². The zero-order valence-electron chi connectivity index (χ0n) is 16.4. The van der Waals surface area contributed by atoms with Gasteiger partial charge in [-0.15, -0.1) is 0 Å². The molecule has 1 aliphatic rings. The second-order valence-corrected chi connectivity index (χ2v) is 7.46. The van der Waals surface area contributed by atoms with E-state index >= 15 is 0 Å². The highest BCUT2D eigenvalue weighted by Gasteiger charge is 2.30.